The van der Waals surface area contributed by atoms with Crippen molar-refractivity contribution in [2.45, 2.75) is 33.1 Å². The van der Waals surface area contributed by atoms with Gasteiger partial charge in [-0.25, -0.2) is 4.79 Å². The summed E-state index contributed by atoms with van der Waals surface area (Å²) in [5.41, 5.74) is 1.41. The summed E-state index contributed by atoms with van der Waals surface area (Å²) in [6.07, 6.45) is 1.82. The number of rotatable bonds is 4. The van der Waals surface area contributed by atoms with Crippen LogP contribution in [0.15, 0.2) is 22.6 Å². The number of esters is 1. The molecule has 6 nitrogen and oxygen atoms in total. The third-order valence-electron chi connectivity index (χ3n) is 4.07. The van der Waals surface area contributed by atoms with Crippen LogP contribution in [0.25, 0.3) is 0 Å². The van der Waals surface area contributed by atoms with Crippen molar-refractivity contribution in [3.05, 3.63) is 46.4 Å². The summed E-state index contributed by atoms with van der Waals surface area (Å²) in [5, 5.41) is 8.98. The number of ether oxygens (including phenoxy) is 2. The van der Waals surface area contributed by atoms with Gasteiger partial charge in [0, 0.05) is 24.5 Å². The molecule has 1 aliphatic rings. The second-order valence-electron chi connectivity index (χ2n) is 5.73. The van der Waals surface area contributed by atoms with Gasteiger partial charge in [-0.1, -0.05) is 0 Å². The molecule has 0 bridgehead atoms. The lowest BCUT2D eigenvalue weighted by Crippen LogP contribution is -2.11. The normalized spacial score (nSPS) is 13.1. The molecule has 3 rings (SSSR count). The Morgan fingerprint density at radius 3 is 2.80 bits per heavy atom. The van der Waals surface area contributed by atoms with Gasteiger partial charge >= 0.3 is 5.97 Å². The van der Waals surface area contributed by atoms with Gasteiger partial charge in [-0.2, -0.15) is 5.26 Å². The van der Waals surface area contributed by atoms with Crippen LogP contribution in [0.2, 0.25) is 0 Å². The highest BCUT2D eigenvalue weighted by atomic mass is 16.6. The van der Waals surface area contributed by atoms with Crippen molar-refractivity contribution in [1.82, 2.24) is 0 Å². The molecular formula is C19H17NO5. The number of carbonyl (C=O) groups is 2. The van der Waals surface area contributed by atoms with Crippen LogP contribution >= 0.6 is 0 Å². The highest BCUT2D eigenvalue weighted by molar-refractivity contribution is 6.02. The lowest BCUT2D eigenvalue weighted by molar-refractivity contribution is 0.0691. The first-order valence-corrected chi connectivity index (χ1v) is 8.09. The molecule has 0 fully saturated rings. The van der Waals surface area contributed by atoms with Gasteiger partial charge in [0.15, 0.2) is 17.3 Å². The fourth-order valence-electron chi connectivity index (χ4n) is 2.92. The number of furan rings is 1. The number of hydrogen-bond acceptors (Lipinski definition) is 6. The molecule has 0 radical (unpaired) electrons. The number of hydrogen-bond donors (Lipinski definition) is 0. The fraction of sp³-hybridized carbons (Fsp3) is 0.316. The van der Waals surface area contributed by atoms with Gasteiger partial charge in [0.2, 0.25) is 5.76 Å². The average Bonchev–Trinajstić information content (AvgIpc) is 2.95. The maximum absolute atomic E-state index is 12.5. The molecule has 128 valence electrons. The Balaban J connectivity index is 1.91. The molecule has 2 aromatic rings. The van der Waals surface area contributed by atoms with Gasteiger partial charge < -0.3 is 13.9 Å². The molecule has 0 saturated heterocycles. The molecule has 0 N–H and O–H groups in total. The summed E-state index contributed by atoms with van der Waals surface area (Å²) >= 11 is 0. The van der Waals surface area contributed by atoms with Crippen LogP contribution in [0.5, 0.6) is 11.5 Å². The SMILES string of the molecule is CCOc1cc(C#N)ccc1OC(=O)c1oc2c(c1C)C(=O)CCC2. The van der Waals surface area contributed by atoms with Crippen molar-refractivity contribution in [1.29, 1.82) is 5.26 Å². The summed E-state index contributed by atoms with van der Waals surface area (Å²) in [7, 11) is 0. The van der Waals surface area contributed by atoms with E-state index in [1.807, 2.05) is 6.07 Å². The van der Waals surface area contributed by atoms with Crippen LogP contribution in [-0.2, 0) is 6.42 Å². The number of fused-ring (bicyclic) bond motifs is 1. The number of Topliss-reactive ketones (excluding diaryl/α,β-unsaturated/α-hetero) is 1. The molecule has 6 heteroatoms. The Kier molecular flexibility index (Phi) is 4.57. The van der Waals surface area contributed by atoms with Crippen LogP contribution in [-0.4, -0.2) is 18.4 Å². The van der Waals surface area contributed by atoms with E-state index in [1.165, 1.54) is 18.2 Å². The van der Waals surface area contributed by atoms with Gasteiger partial charge in [0.05, 0.1) is 23.8 Å². The quantitative estimate of drug-likeness (QED) is 0.624. The molecular weight excluding hydrogens is 322 g/mol. The van der Waals surface area contributed by atoms with Crippen molar-refractivity contribution in [2.75, 3.05) is 6.61 Å². The van der Waals surface area contributed by atoms with Crippen LogP contribution in [0, 0.1) is 18.3 Å². The fourth-order valence-corrected chi connectivity index (χ4v) is 2.92. The zero-order valence-electron chi connectivity index (χ0n) is 14.0. The zero-order valence-corrected chi connectivity index (χ0v) is 14.0. The molecule has 1 aromatic heterocycles. The van der Waals surface area contributed by atoms with Crippen molar-refractivity contribution in [3.63, 3.8) is 0 Å². The number of carbonyl (C=O) groups excluding carboxylic acids is 2. The van der Waals surface area contributed by atoms with Crippen molar-refractivity contribution in [3.8, 4) is 17.6 Å². The smallest absolute Gasteiger partial charge is 0.380 e. The lowest BCUT2D eigenvalue weighted by atomic mass is 9.94. The third kappa shape index (κ3) is 3.13. The van der Waals surface area contributed by atoms with E-state index in [1.54, 1.807) is 13.8 Å². The molecule has 0 amide bonds. The average molecular weight is 339 g/mol. The van der Waals surface area contributed by atoms with Crippen LogP contribution in [0.3, 0.4) is 0 Å². The van der Waals surface area contributed by atoms with E-state index in [4.69, 9.17) is 19.2 Å². The molecule has 1 aromatic carbocycles. The molecule has 1 aliphatic carbocycles. The Hall–Kier alpha value is -3.07. The van der Waals surface area contributed by atoms with Gasteiger partial charge in [-0.05, 0) is 32.4 Å². The Morgan fingerprint density at radius 2 is 2.12 bits per heavy atom. The molecule has 0 saturated carbocycles. The summed E-state index contributed by atoms with van der Waals surface area (Å²) in [5.74, 6) is 0.392. The van der Waals surface area contributed by atoms with E-state index >= 15 is 0 Å². The first-order chi connectivity index (χ1) is 12.0. The molecule has 0 spiro atoms. The minimum Gasteiger partial charge on any atom is -0.490 e. The van der Waals surface area contributed by atoms with Gasteiger partial charge in [0.25, 0.3) is 0 Å². The van der Waals surface area contributed by atoms with Crippen molar-refractivity contribution >= 4 is 11.8 Å². The highest BCUT2D eigenvalue weighted by Crippen LogP contribution is 2.32. The Bertz CT molecular complexity index is 888. The Morgan fingerprint density at radius 1 is 1.32 bits per heavy atom. The monoisotopic (exact) mass is 339 g/mol. The molecule has 0 unspecified atom stereocenters. The minimum atomic E-state index is -0.689. The third-order valence-corrected chi connectivity index (χ3v) is 4.07. The summed E-state index contributed by atoms with van der Waals surface area (Å²) in [6.45, 7) is 3.84. The Labute approximate surface area is 145 Å². The number of aryl methyl sites for hydroxylation is 1. The topological polar surface area (TPSA) is 89.5 Å². The predicted molar refractivity (Wildman–Crippen MR) is 88.0 cm³/mol. The lowest BCUT2D eigenvalue weighted by Gasteiger charge is -2.10. The first kappa shape index (κ1) is 16.8. The van der Waals surface area contributed by atoms with E-state index in [-0.39, 0.29) is 17.3 Å². The van der Waals surface area contributed by atoms with Crippen molar-refractivity contribution in [2.24, 2.45) is 0 Å². The second-order valence-corrected chi connectivity index (χ2v) is 5.73. The number of ketones is 1. The molecule has 0 aliphatic heterocycles. The standard InChI is InChI=1S/C19H17NO5/c1-3-23-16-9-12(10-20)7-8-14(16)25-19(22)18-11(2)17-13(21)5-4-6-15(17)24-18/h7-9H,3-6H2,1-2H3. The summed E-state index contributed by atoms with van der Waals surface area (Å²) < 4.78 is 16.4. The molecule has 1 heterocycles. The number of benzene rings is 1. The van der Waals surface area contributed by atoms with E-state index in [9.17, 15) is 9.59 Å². The zero-order chi connectivity index (χ0) is 18.0. The van der Waals surface area contributed by atoms with Gasteiger partial charge in [-0.3, -0.25) is 4.79 Å². The van der Waals surface area contributed by atoms with E-state index < -0.39 is 5.97 Å². The predicted octanol–water partition coefficient (Wildman–Crippen LogP) is 3.60. The molecule has 0 atom stereocenters. The van der Waals surface area contributed by atoms with E-state index in [0.29, 0.717) is 47.6 Å². The number of nitriles is 1. The van der Waals surface area contributed by atoms with Gasteiger partial charge in [0.1, 0.15) is 5.76 Å². The highest BCUT2D eigenvalue weighted by Gasteiger charge is 2.30. The second kappa shape index (κ2) is 6.81. The summed E-state index contributed by atoms with van der Waals surface area (Å²) in [4.78, 5) is 24.6. The maximum Gasteiger partial charge on any atom is 0.380 e. The van der Waals surface area contributed by atoms with Crippen LogP contribution < -0.4 is 9.47 Å². The largest absolute Gasteiger partial charge is 0.490 e. The summed E-state index contributed by atoms with van der Waals surface area (Å²) in [6, 6.07) is 6.56. The first-order valence-electron chi connectivity index (χ1n) is 8.09. The molecule has 25 heavy (non-hydrogen) atoms. The van der Waals surface area contributed by atoms with Gasteiger partial charge in [-0.15, -0.1) is 0 Å². The van der Waals surface area contributed by atoms with Crippen molar-refractivity contribution < 1.29 is 23.5 Å². The van der Waals surface area contributed by atoms with Crippen LogP contribution in [0.1, 0.15) is 57.6 Å². The number of nitrogens with zero attached hydrogens (tertiary/aromatic N) is 1. The maximum atomic E-state index is 12.5. The van der Waals surface area contributed by atoms with E-state index in [0.717, 1.165) is 6.42 Å². The van der Waals surface area contributed by atoms with Crippen LogP contribution in [0.4, 0.5) is 0 Å². The van der Waals surface area contributed by atoms with E-state index in [2.05, 4.69) is 0 Å². The minimum absolute atomic E-state index is 0.00470.